The molecule has 7 heteroatoms. The van der Waals surface area contributed by atoms with Crippen molar-refractivity contribution in [3.63, 3.8) is 0 Å². The first-order valence-corrected chi connectivity index (χ1v) is 7.40. The molecule has 1 amide bonds. The summed E-state index contributed by atoms with van der Waals surface area (Å²) < 4.78 is 1.10. The normalized spacial score (nSPS) is 10.2. The summed E-state index contributed by atoms with van der Waals surface area (Å²) in [5, 5.41) is 13.7. The highest BCUT2D eigenvalue weighted by molar-refractivity contribution is 9.11. The Labute approximate surface area is 123 Å². The summed E-state index contributed by atoms with van der Waals surface area (Å²) in [6.07, 6.45) is 0. The number of carbonyl (C=O) groups is 1. The molecule has 0 saturated heterocycles. The van der Waals surface area contributed by atoms with Crippen molar-refractivity contribution in [3.8, 4) is 0 Å². The van der Waals surface area contributed by atoms with E-state index in [-0.39, 0.29) is 5.91 Å². The van der Waals surface area contributed by atoms with Crippen LogP contribution in [0, 0.1) is 0 Å². The van der Waals surface area contributed by atoms with Crippen molar-refractivity contribution in [1.29, 1.82) is 0 Å². The van der Waals surface area contributed by atoms with Crippen molar-refractivity contribution >= 4 is 39.0 Å². The van der Waals surface area contributed by atoms with Crippen LogP contribution in [-0.2, 0) is 6.54 Å². The smallest absolute Gasteiger partial charge is 0.271 e. The molecule has 100 valence electrons. The predicted molar refractivity (Wildman–Crippen MR) is 79.4 cm³/mol. The molecule has 0 bridgehead atoms. The Bertz CT molecular complexity index is 555. The van der Waals surface area contributed by atoms with Gasteiger partial charge in [-0.15, -0.1) is 21.5 Å². The Hall–Kier alpha value is -1.47. The second-order valence-corrected chi connectivity index (χ2v) is 6.27. The molecule has 0 aliphatic rings. The molecule has 0 fully saturated rings. The first-order chi connectivity index (χ1) is 9.19. The summed E-state index contributed by atoms with van der Waals surface area (Å²) in [6.45, 7) is 3.12. The number of carbonyl (C=O) groups excluding carboxylic acids is 1. The molecule has 0 aliphatic heterocycles. The number of nitrogens with one attached hydrogen (secondary N) is 2. The summed E-state index contributed by atoms with van der Waals surface area (Å²) in [6, 6.07) is 7.45. The quantitative estimate of drug-likeness (QED) is 0.877. The van der Waals surface area contributed by atoms with E-state index < -0.39 is 0 Å². The number of hydrogen-bond acceptors (Lipinski definition) is 5. The summed E-state index contributed by atoms with van der Waals surface area (Å²) in [7, 11) is 0. The van der Waals surface area contributed by atoms with Gasteiger partial charge >= 0.3 is 0 Å². The van der Waals surface area contributed by atoms with E-state index in [2.05, 4.69) is 36.8 Å². The van der Waals surface area contributed by atoms with Crippen LogP contribution in [0.3, 0.4) is 0 Å². The molecule has 2 aromatic rings. The van der Waals surface area contributed by atoms with Crippen LogP contribution in [0.5, 0.6) is 0 Å². The third kappa shape index (κ3) is 4.00. The van der Waals surface area contributed by atoms with Crippen LogP contribution >= 0.6 is 27.3 Å². The zero-order valence-electron chi connectivity index (χ0n) is 10.3. The Morgan fingerprint density at radius 1 is 1.32 bits per heavy atom. The van der Waals surface area contributed by atoms with E-state index in [4.69, 9.17) is 0 Å². The van der Waals surface area contributed by atoms with Crippen LogP contribution in [-0.4, -0.2) is 22.6 Å². The minimum absolute atomic E-state index is 0.205. The van der Waals surface area contributed by atoms with E-state index >= 15 is 0 Å². The molecular weight excluding hydrogens is 328 g/mol. The van der Waals surface area contributed by atoms with Gasteiger partial charge in [-0.2, -0.15) is 0 Å². The lowest BCUT2D eigenvalue weighted by Gasteiger charge is -2.04. The Morgan fingerprint density at radius 2 is 2.16 bits per heavy atom. The van der Waals surface area contributed by atoms with Gasteiger partial charge in [0.05, 0.1) is 10.3 Å². The maximum atomic E-state index is 11.5. The minimum atomic E-state index is -0.205. The van der Waals surface area contributed by atoms with Gasteiger partial charge in [0, 0.05) is 11.4 Å². The van der Waals surface area contributed by atoms with E-state index in [1.807, 2.05) is 19.1 Å². The van der Waals surface area contributed by atoms with Gasteiger partial charge in [-0.3, -0.25) is 4.79 Å². The Kier molecular flexibility index (Phi) is 4.86. The molecule has 0 saturated carbocycles. The van der Waals surface area contributed by atoms with Gasteiger partial charge in [0.2, 0.25) is 0 Å². The molecular formula is C12H13BrN4OS. The van der Waals surface area contributed by atoms with E-state index in [1.54, 1.807) is 23.5 Å². The molecule has 5 nitrogen and oxygen atoms in total. The number of thiophene rings is 1. The maximum Gasteiger partial charge on any atom is 0.271 e. The fourth-order valence-corrected chi connectivity index (χ4v) is 2.85. The topological polar surface area (TPSA) is 66.9 Å². The average molecular weight is 341 g/mol. The fraction of sp³-hybridized carbons (Fsp3) is 0.250. The maximum absolute atomic E-state index is 11.5. The second-order valence-electron chi connectivity index (χ2n) is 3.72. The van der Waals surface area contributed by atoms with Crippen LogP contribution in [0.4, 0.5) is 5.82 Å². The first-order valence-electron chi connectivity index (χ1n) is 5.79. The highest BCUT2D eigenvalue weighted by Crippen LogP contribution is 2.22. The largest absolute Gasteiger partial charge is 0.364 e. The standard InChI is InChI=1S/C12H13BrN4OS/c1-2-14-12(18)9-4-6-11(17-16-9)15-7-8-3-5-10(13)19-8/h3-6H,2,7H2,1H3,(H,14,18)(H,15,17). The molecule has 0 atom stereocenters. The van der Waals surface area contributed by atoms with Crippen molar-refractivity contribution < 1.29 is 4.79 Å². The van der Waals surface area contributed by atoms with Gasteiger partial charge in [0.15, 0.2) is 5.69 Å². The van der Waals surface area contributed by atoms with Crippen LogP contribution < -0.4 is 10.6 Å². The van der Waals surface area contributed by atoms with Crippen LogP contribution in [0.2, 0.25) is 0 Å². The number of anilines is 1. The lowest BCUT2D eigenvalue weighted by atomic mass is 10.3. The zero-order valence-corrected chi connectivity index (χ0v) is 12.7. The van der Waals surface area contributed by atoms with Gasteiger partial charge in [-0.1, -0.05) is 0 Å². The minimum Gasteiger partial charge on any atom is -0.364 e. The van der Waals surface area contributed by atoms with Crippen molar-refractivity contribution in [2.45, 2.75) is 13.5 Å². The van der Waals surface area contributed by atoms with Gasteiger partial charge in [0.25, 0.3) is 5.91 Å². The predicted octanol–water partition coefficient (Wildman–Crippen LogP) is 2.66. The molecule has 2 heterocycles. The van der Waals surface area contributed by atoms with Gasteiger partial charge in [0.1, 0.15) is 5.82 Å². The van der Waals surface area contributed by atoms with Crippen LogP contribution in [0.1, 0.15) is 22.3 Å². The number of halogens is 1. The Morgan fingerprint density at radius 3 is 2.74 bits per heavy atom. The molecule has 0 aromatic carbocycles. The highest BCUT2D eigenvalue weighted by Gasteiger charge is 2.06. The zero-order chi connectivity index (χ0) is 13.7. The molecule has 0 spiro atoms. The Balaban J connectivity index is 1.93. The molecule has 0 unspecified atom stereocenters. The molecule has 0 radical (unpaired) electrons. The first kappa shape index (κ1) is 14.0. The van der Waals surface area contributed by atoms with Crippen LogP contribution in [0.15, 0.2) is 28.1 Å². The van der Waals surface area contributed by atoms with Crippen molar-refractivity contribution in [2.24, 2.45) is 0 Å². The summed E-state index contributed by atoms with van der Waals surface area (Å²) in [5.74, 6) is 0.446. The molecule has 2 N–H and O–H groups in total. The second kappa shape index (κ2) is 6.63. The molecule has 0 aliphatic carbocycles. The average Bonchev–Trinajstić information content (AvgIpc) is 2.83. The van der Waals surface area contributed by atoms with E-state index in [9.17, 15) is 4.79 Å². The number of hydrogen-bond donors (Lipinski definition) is 2. The van der Waals surface area contributed by atoms with E-state index in [1.165, 1.54) is 4.88 Å². The van der Waals surface area contributed by atoms with Crippen molar-refractivity contribution in [2.75, 3.05) is 11.9 Å². The lowest BCUT2D eigenvalue weighted by molar-refractivity contribution is 0.0950. The molecule has 2 rings (SSSR count). The van der Waals surface area contributed by atoms with E-state index in [0.717, 1.165) is 3.79 Å². The number of aromatic nitrogens is 2. The SMILES string of the molecule is CCNC(=O)c1ccc(NCc2ccc(Br)s2)nn1. The van der Waals surface area contributed by atoms with Gasteiger partial charge in [-0.25, -0.2) is 0 Å². The van der Waals surface area contributed by atoms with Gasteiger partial charge in [-0.05, 0) is 47.1 Å². The number of nitrogens with zero attached hydrogens (tertiary/aromatic N) is 2. The summed E-state index contributed by atoms with van der Waals surface area (Å²) in [4.78, 5) is 12.7. The third-order valence-corrected chi connectivity index (χ3v) is 3.93. The highest BCUT2D eigenvalue weighted by atomic mass is 79.9. The van der Waals surface area contributed by atoms with Gasteiger partial charge < -0.3 is 10.6 Å². The number of amides is 1. The van der Waals surface area contributed by atoms with Crippen molar-refractivity contribution in [1.82, 2.24) is 15.5 Å². The monoisotopic (exact) mass is 340 g/mol. The number of rotatable bonds is 5. The molecule has 2 aromatic heterocycles. The van der Waals surface area contributed by atoms with E-state index in [0.29, 0.717) is 24.6 Å². The van der Waals surface area contributed by atoms with Crippen molar-refractivity contribution in [3.05, 3.63) is 38.6 Å². The lowest BCUT2D eigenvalue weighted by Crippen LogP contribution is -2.24. The van der Waals surface area contributed by atoms with Crippen LogP contribution in [0.25, 0.3) is 0 Å². The summed E-state index contributed by atoms with van der Waals surface area (Å²) >= 11 is 5.08. The fourth-order valence-electron chi connectivity index (χ4n) is 1.42. The summed E-state index contributed by atoms with van der Waals surface area (Å²) in [5.41, 5.74) is 0.325. The molecule has 19 heavy (non-hydrogen) atoms. The third-order valence-electron chi connectivity index (χ3n) is 2.31.